The standard InChI is InChI=1S/C67H118O6/c1-4-7-10-13-16-19-22-24-26-28-29-30-31-32-33-34-35-36-37-38-39-40-42-43-45-48-51-54-57-60-66(69)72-63-64(62-71-65(68)59-56-53-50-47-21-18-15-12-9-6-3)73-67(70)61-58-55-52-49-46-44-41-27-25-23-20-17-14-11-8-5-2/h7,10,16,19,24,26,29-30,32-33,35-36,64H,4-6,8-9,11-15,17-18,20-23,25,27-28,31,34,37-63H2,1-3H3/b10-7-,19-16-,26-24-,30-29-,33-32-,36-35-. The van der Waals surface area contributed by atoms with Crippen molar-refractivity contribution < 1.29 is 28.6 Å². The molecule has 1 unspecified atom stereocenters. The molecule has 0 rings (SSSR count). The molecule has 73 heavy (non-hydrogen) atoms. The lowest BCUT2D eigenvalue weighted by Crippen LogP contribution is -2.30. The predicted octanol–water partition coefficient (Wildman–Crippen LogP) is 21.3. The molecule has 0 aromatic carbocycles. The Labute approximate surface area is 453 Å². The van der Waals surface area contributed by atoms with Crippen LogP contribution >= 0.6 is 0 Å². The third-order valence-corrected chi connectivity index (χ3v) is 13.7. The van der Waals surface area contributed by atoms with Crippen molar-refractivity contribution in [3.05, 3.63) is 72.9 Å². The first-order chi connectivity index (χ1) is 36.0. The molecule has 0 saturated heterocycles. The molecule has 0 amide bonds. The second-order valence-corrected chi connectivity index (χ2v) is 21.0. The number of rotatable bonds is 57. The third-order valence-electron chi connectivity index (χ3n) is 13.7. The van der Waals surface area contributed by atoms with Crippen LogP contribution in [0, 0.1) is 0 Å². The minimum atomic E-state index is -0.772. The number of esters is 3. The Morgan fingerprint density at radius 2 is 0.534 bits per heavy atom. The number of hydrogen-bond acceptors (Lipinski definition) is 6. The maximum atomic E-state index is 12.9. The molecule has 0 N–H and O–H groups in total. The molecule has 0 spiro atoms. The Morgan fingerprint density at radius 3 is 0.836 bits per heavy atom. The van der Waals surface area contributed by atoms with Crippen molar-refractivity contribution in [1.82, 2.24) is 0 Å². The largest absolute Gasteiger partial charge is 0.462 e. The van der Waals surface area contributed by atoms with E-state index in [1.54, 1.807) is 0 Å². The Balaban J connectivity index is 4.20. The molecular weight excluding hydrogens is 901 g/mol. The fraction of sp³-hybridized carbons (Fsp3) is 0.776. The molecule has 0 aliphatic rings. The van der Waals surface area contributed by atoms with Crippen LogP contribution in [0.15, 0.2) is 72.9 Å². The van der Waals surface area contributed by atoms with Gasteiger partial charge in [-0.05, 0) is 70.6 Å². The van der Waals surface area contributed by atoms with E-state index in [1.807, 2.05) is 0 Å². The average molecular weight is 1020 g/mol. The smallest absolute Gasteiger partial charge is 0.306 e. The van der Waals surface area contributed by atoms with E-state index in [0.29, 0.717) is 19.3 Å². The maximum absolute atomic E-state index is 12.9. The van der Waals surface area contributed by atoms with Crippen molar-refractivity contribution in [3.63, 3.8) is 0 Å². The van der Waals surface area contributed by atoms with Gasteiger partial charge in [0.1, 0.15) is 13.2 Å². The molecule has 0 aliphatic carbocycles. The fourth-order valence-corrected chi connectivity index (χ4v) is 9.04. The molecule has 0 fully saturated rings. The average Bonchev–Trinajstić information content (AvgIpc) is 3.39. The van der Waals surface area contributed by atoms with Crippen LogP contribution in [0.2, 0.25) is 0 Å². The quantitative estimate of drug-likeness (QED) is 0.0261. The summed E-state index contributed by atoms with van der Waals surface area (Å²) >= 11 is 0. The minimum Gasteiger partial charge on any atom is -0.462 e. The summed E-state index contributed by atoms with van der Waals surface area (Å²) in [4.78, 5) is 38.2. The van der Waals surface area contributed by atoms with Gasteiger partial charge in [0, 0.05) is 19.3 Å². The van der Waals surface area contributed by atoms with Gasteiger partial charge in [-0.1, -0.05) is 299 Å². The van der Waals surface area contributed by atoms with Crippen LogP contribution < -0.4 is 0 Å². The molecule has 6 heteroatoms. The van der Waals surface area contributed by atoms with Crippen LogP contribution in [-0.2, 0) is 28.6 Å². The monoisotopic (exact) mass is 1020 g/mol. The van der Waals surface area contributed by atoms with Crippen molar-refractivity contribution in [2.24, 2.45) is 0 Å². The van der Waals surface area contributed by atoms with Crippen LogP contribution in [0.5, 0.6) is 0 Å². The molecule has 0 heterocycles. The van der Waals surface area contributed by atoms with Gasteiger partial charge >= 0.3 is 17.9 Å². The van der Waals surface area contributed by atoms with Crippen molar-refractivity contribution in [2.45, 2.75) is 322 Å². The minimum absolute atomic E-state index is 0.0714. The Bertz CT molecular complexity index is 1360. The zero-order chi connectivity index (χ0) is 52.9. The van der Waals surface area contributed by atoms with Gasteiger partial charge in [-0.2, -0.15) is 0 Å². The second kappa shape index (κ2) is 61.4. The highest BCUT2D eigenvalue weighted by atomic mass is 16.6. The highest BCUT2D eigenvalue weighted by Gasteiger charge is 2.19. The maximum Gasteiger partial charge on any atom is 0.306 e. The third kappa shape index (κ3) is 59.6. The zero-order valence-electron chi connectivity index (χ0n) is 48.4. The molecule has 0 radical (unpaired) electrons. The van der Waals surface area contributed by atoms with E-state index in [4.69, 9.17) is 14.2 Å². The van der Waals surface area contributed by atoms with Gasteiger partial charge in [0.25, 0.3) is 0 Å². The topological polar surface area (TPSA) is 78.9 Å². The lowest BCUT2D eigenvalue weighted by Gasteiger charge is -2.18. The Kier molecular flexibility index (Phi) is 58.7. The van der Waals surface area contributed by atoms with E-state index < -0.39 is 6.10 Å². The highest BCUT2D eigenvalue weighted by molar-refractivity contribution is 5.71. The number of allylic oxidation sites excluding steroid dienone is 12. The van der Waals surface area contributed by atoms with Crippen molar-refractivity contribution >= 4 is 17.9 Å². The number of ether oxygens (including phenoxy) is 3. The van der Waals surface area contributed by atoms with Gasteiger partial charge in [-0.25, -0.2) is 0 Å². The van der Waals surface area contributed by atoms with Gasteiger partial charge in [0.2, 0.25) is 0 Å². The molecule has 0 aliphatic heterocycles. The van der Waals surface area contributed by atoms with Gasteiger partial charge < -0.3 is 14.2 Å². The first kappa shape index (κ1) is 69.8. The summed E-state index contributed by atoms with van der Waals surface area (Å²) in [6.07, 6.45) is 79.1. The summed E-state index contributed by atoms with van der Waals surface area (Å²) in [6.45, 7) is 6.55. The van der Waals surface area contributed by atoms with E-state index >= 15 is 0 Å². The molecule has 0 bridgehead atoms. The van der Waals surface area contributed by atoms with E-state index in [2.05, 4.69) is 93.7 Å². The molecule has 1 atom stereocenters. The van der Waals surface area contributed by atoms with E-state index in [0.717, 1.165) is 96.3 Å². The summed E-state index contributed by atoms with van der Waals surface area (Å²) in [7, 11) is 0. The number of hydrogen-bond donors (Lipinski definition) is 0. The zero-order valence-corrected chi connectivity index (χ0v) is 48.4. The van der Waals surface area contributed by atoms with Crippen LogP contribution in [0.1, 0.15) is 316 Å². The molecular formula is C67H118O6. The first-order valence-corrected chi connectivity index (χ1v) is 31.4. The molecule has 422 valence electrons. The fourth-order valence-electron chi connectivity index (χ4n) is 9.04. The van der Waals surface area contributed by atoms with Crippen molar-refractivity contribution in [1.29, 1.82) is 0 Å². The Morgan fingerprint density at radius 1 is 0.288 bits per heavy atom. The lowest BCUT2D eigenvalue weighted by atomic mass is 10.0. The molecule has 0 aromatic rings. The summed E-state index contributed by atoms with van der Waals surface area (Å²) in [5, 5.41) is 0. The summed E-state index contributed by atoms with van der Waals surface area (Å²) < 4.78 is 16.9. The van der Waals surface area contributed by atoms with Crippen LogP contribution in [0.25, 0.3) is 0 Å². The van der Waals surface area contributed by atoms with Crippen molar-refractivity contribution in [2.75, 3.05) is 13.2 Å². The van der Waals surface area contributed by atoms with Crippen LogP contribution in [0.3, 0.4) is 0 Å². The van der Waals surface area contributed by atoms with Gasteiger partial charge in [-0.15, -0.1) is 0 Å². The second-order valence-electron chi connectivity index (χ2n) is 21.0. The molecule has 0 saturated carbocycles. The highest BCUT2D eigenvalue weighted by Crippen LogP contribution is 2.17. The predicted molar refractivity (Wildman–Crippen MR) is 316 cm³/mol. The first-order valence-electron chi connectivity index (χ1n) is 31.4. The normalized spacial score (nSPS) is 12.5. The van der Waals surface area contributed by atoms with Gasteiger partial charge in [-0.3, -0.25) is 14.4 Å². The Hall–Kier alpha value is -3.15. The van der Waals surface area contributed by atoms with Crippen LogP contribution in [-0.4, -0.2) is 37.2 Å². The molecule has 0 aromatic heterocycles. The van der Waals surface area contributed by atoms with Gasteiger partial charge in [0.15, 0.2) is 6.10 Å². The number of carbonyl (C=O) groups excluding carboxylic acids is 3. The molecule has 6 nitrogen and oxygen atoms in total. The lowest BCUT2D eigenvalue weighted by molar-refractivity contribution is -0.167. The van der Waals surface area contributed by atoms with Gasteiger partial charge in [0.05, 0.1) is 0 Å². The van der Waals surface area contributed by atoms with Crippen molar-refractivity contribution in [3.8, 4) is 0 Å². The number of unbranched alkanes of at least 4 members (excludes halogenated alkanes) is 34. The van der Waals surface area contributed by atoms with E-state index in [1.165, 1.54) is 180 Å². The summed E-state index contributed by atoms with van der Waals surface area (Å²) in [6, 6.07) is 0. The summed E-state index contributed by atoms with van der Waals surface area (Å²) in [5.74, 6) is -0.862. The van der Waals surface area contributed by atoms with E-state index in [9.17, 15) is 14.4 Å². The SMILES string of the molecule is CC/C=C\C/C=C\C/C=C\C/C=C\C/C=C\C/C=C\CCCCCCCCCCCCC(=O)OCC(COC(=O)CCCCCCCCCCCC)OC(=O)CCCCCCCCCCCCCCCCCC. The van der Waals surface area contributed by atoms with E-state index in [-0.39, 0.29) is 31.1 Å². The van der Waals surface area contributed by atoms with Crippen LogP contribution in [0.4, 0.5) is 0 Å². The number of carbonyl (C=O) groups is 3. The summed E-state index contributed by atoms with van der Waals surface area (Å²) in [5.41, 5.74) is 0.